The van der Waals surface area contributed by atoms with Gasteiger partial charge in [-0.3, -0.25) is 0 Å². The van der Waals surface area contributed by atoms with Crippen LogP contribution in [0.25, 0.3) is 0 Å². The molecule has 0 saturated heterocycles. The normalized spacial score (nSPS) is 13.2. The minimum absolute atomic E-state index is 0.200. The highest BCUT2D eigenvalue weighted by atomic mass is 16.5. The van der Waals surface area contributed by atoms with E-state index >= 15 is 0 Å². The SMILES string of the molecule is COCCc1noc([C@@H](C)N)n1. The van der Waals surface area contributed by atoms with Crippen LogP contribution in [0.2, 0.25) is 0 Å². The highest BCUT2D eigenvalue weighted by Crippen LogP contribution is 2.05. The van der Waals surface area contributed by atoms with E-state index in [0.29, 0.717) is 24.7 Å². The molecule has 0 spiro atoms. The summed E-state index contributed by atoms with van der Waals surface area (Å²) in [4.78, 5) is 4.06. The third-order valence-corrected chi connectivity index (χ3v) is 1.40. The molecule has 12 heavy (non-hydrogen) atoms. The summed E-state index contributed by atoms with van der Waals surface area (Å²) in [5, 5.41) is 3.73. The molecule has 0 aliphatic rings. The van der Waals surface area contributed by atoms with E-state index in [-0.39, 0.29) is 6.04 Å². The van der Waals surface area contributed by atoms with Gasteiger partial charge in [-0.25, -0.2) is 0 Å². The quantitative estimate of drug-likeness (QED) is 0.704. The van der Waals surface area contributed by atoms with E-state index in [2.05, 4.69) is 10.1 Å². The van der Waals surface area contributed by atoms with Crippen molar-refractivity contribution in [3.05, 3.63) is 11.7 Å². The summed E-state index contributed by atoms with van der Waals surface area (Å²) in [5.41, 5.74) is 5.53. The van der Waals surface area contributed by atoms with Crippen LogP contribution in [0.15, 0.2) is 4.52 Å². The third kappa shape index (κ3) is 2.28. The number of nitrogens with two attached hydrogens (primary N) is 1. The number of hydrogen-bond acceptors (Lipinski definition) is 5. The summed E-state index contributed by atoms with van der Waals surface area (Å²) in [6, 6.07) is -0.200. The maximum atomic E-state index is 5.53. The van der Waals surface area contributed by atoms with Crippen molar-refractivity contribution in [3.8, 4) is 0 Å². The Bertz CT molecular complexity index is 234. The standard InChI is InChI=1S/C7H13N3O2/c1-5(8)7-9-6(10-12-7)3-4-11-2/h5H,3-4,8H2,1-2H3/t5-/m1/s1. The van der Waals surface area contributed by atoms with E-state index in [9.17, 15) is 0 Å². The third-order valence-electron chi connectivity index (χ3n) is 1.40. The maximum absolute atomic E-state index is 5.53. The molecule has 0 aliphatic heterocycles. The largest absolute Gasteiger partial charge is 0.384 e. The molecule has 0 unspecified atom stereocenters. The molecule has 5 heteroatoms. The molecule has 0 radical (unpaired) electrons. The lowest BCUT2D eigenvalue weighted by molar-refractivity contribution is 0.199. The van der Waals surface area contributed by atoms with Crippen LogP contribution in [0.5, 0.6) is 0 Å². The molecular weight excluding hydrogens is 158 g/mol. The van der Waals surface area contributed by atoms with Crippen LogP contribution in [0.3, 0.4) is 0 Å². The average Bonchev–Trinajstić information content (AvgIpc) is 2.48. The van der Waals surface area contributed by atoms with Gasteiger partial charge in [0, 0.05) is 13.5 Å². The van der Waals surface area contributed by atoms with Crippen LogP contribution in [0.1, 0.15) is 24.7 Å². The molecule has 0 amide bonds. The van der Waals surface area contributed by atoms with Gasteiger partial charge < -0.3 is 15.0 Å². The molecule has 1 heterocycles. The average molecular weight is 171 g/mol. The summed E-state index contributed by atoms with van der Waals surface area (Å²) in [6.07, 6.45) is 0.659. The highest BCUT2D eigenvalue weighted by molar-refractivity contribution is 4.89. The predicted molar refractivity (Wildman–Crippen MR) is 42.5 cm³/mol. The van der Waals surface area contributed by atoms with Gasteiger partial charge in [0.15, 0.2) is 5.82 Å². The van der Waals surface area contributed by atoms with Crippen molar-refractivity contribution >= 4 is 0 Å². The van der Waals surface area contributed by atoms with Crippen molar-refractivity contribution < 1.29 is 9.26 Å². The summed E-state index contributed by atoms with van der Waals surface area (Å²) in [6.45, 7) is 2.39. The molecule has 2 N–H and O–H groups in total. The molecule has 68 valence electrons. The summed E-state index contributed by atoms with van der Waals surface area (Å²) in [5.74, 6) is 1.12. The number of hydrogen-bond donors (Lipinski definition) is 1. The second kappa shape index (κ2) is 4.18. The Labute approximate surface area is 70.9 Å². The van der Waals surface area contributed by atoms with Crippen molar-refractivity contribution in [3.63, 3.8) is 0 Å². The maximum Gasteiger partial charge on any atom is 0.243 e. The molecule has 1 aromatic rings. The molecule has 0 aromatic carbocycles. The second-order valence-corrected chi connectivity index (χ2v) is 2.58. The van der Waals surface area contributed by atoms with Crippen LogP contribution in [-0.4, -0.2) is 23.9 Å². The molecule has 5 nitrogen and oxygen atoms in total. The Balaban J connectivity index is 2.52. The van der Waals surface area contributed by atoms with E-state index in [1.807, 2.05) is 0 Å². The first-order valence-electron chi connectivity index (χ1n) is 3.81. The molecular formula is C7H13N3O2. The number of aromatic nitrogens is 2. The monoisotopic (exact) mass is 171 g/mol. The lowest BCUT2D eigenvalue weighted by Gasteiger charge is -1.93. The minimum Gasteiger partial charge on any atom is -0.384 e. The minimum atomic E-state index is -0.200. The van der Waals surface area contributed by atoms with Crippen molar-refractivity contribution in [1.29, 1.82) is 0 Å². The van der Waals surface area contributed by atoms with Crippen LogP contribution >= 0.6 is 0 Å². The number of rotatable bonds is 4. The van der Waals surface area contributed by atoms with E-state index in [4.69, 9.17) is 15.0 Å². The smallest absolute Gasteiger partial charge is 0.243 e. The topological polar surface area (TPSA) is 74.2 Å². The van der Waals surface area contributed by atoms with Crippen LogP contribution in [-0.2, 0) is 11.2 Å². The van der Waals surface area contributed by atoms with Gasteiger partial charge in [-0.15, -0.1) is 0 Å². The van der Waals surface area contributed by atoms with E-state index in [0.717, 1.165) is 0 Å². The Hall–Kier alpha value is -0.940. The fraction of sp³-hybridized carbons (Fsp3) is 0.714. The van der Waals surface area contributed by atoms with Crippen LogP contribution < -0.4 is 5.73 Å². The van der Waals surface area contributed by atoms with Crippen molar-refractivity contribution in [2.75, 3.05) is 13.7 Å². The zero-order valence-corrected chi connectivity index (χ0v) is 7.28. The van der Waals surface area contributed by atoms with Gasteiger partial charge in [0.2, 0.25) is 5.89 Å². The Morgan fingerprint density at radius 3 is 2.92 bits per heavy atom. The Morgan fingerprint density at radius 2 is 2.42 bits per heavy atom. The number of nitrogens with zero attached hydrogens (tertiary/aromatic N) is 2. The lowest BCUT2D eigenvalue weighted by Crippen LogP contribution is -2.05. The van der Waals surface area contributed by atoms with Crippen LogP contribution in [0, 0.1) is 0 Å². The molecule has 0 saturated carbocycles. The van der Waals surface area contributed by atoms with Gasteiger partial charge in [-0.2, -0.15) is 4.98 Å². The fourth-order valence-electron chi connectivity index (χ4n) is 0.747. The molecule has 0 aliphatic carbocycles. The Morgan fingerprint density at radius 1 is 1.67 bits per heavy atom. The van der Waals surface area contributed by atoms with Crippen molar-refractivity contribution in [1.82, 2.24) is 10.1 Å². The van der Waals surface area contributed by atoms with Crippen LogP contribution in [0.4, 0.5) is 0 Å². The zero-order valence-electron chi connectivity index (χ0n) is 7.28. The second-order valence-electron chi connectivity index (χ2n) is 2.58. The van der Waals surface area contributed by atoms with Gasteiger partial charge in [0.1, 0.15) is 0 Å². The van der Waals surface area contributed by atoms with E-state index in [1.165, 1.54) is 0 Å². The van der Waals surface area contributed by atoms with Gasteiger partial charge in [0.05, 0.1) is 12.6 Å². The fourth-order valence-corrected chi connectivity index (χ4v) is 0.747. The van der Waals surface area contributed by atoms with Crippen molar-refractivity contribution in [2.45, 2.75) is 19.4 Å². The lowest BCUT2D eigenvalue weighted by atomic mass is 10.3. The molecule has 0 bridgehead atoms. The molecule has 1 rings (SSSR count). The summed E-state index contributed by atoms with van der Waals surface area (Å²) < 4.78 is 9.74. The summed E-state index contributed by atoms with van der Waals surface area (Å²) >= 11 is 0. The summed E-state index contributed by atoms with van der Waals surface area (Å²) in [7, 11) is 1.63. The van der Waals surface area contributed by atoms with Gasteiger partial charge in [-0.1, -0.05) is 5.16 Å². The van der Waals surface area contributed by atoms with Gasteiger partial charge in [-0.05, 0) is 6.92 Å². The highest BCUT2D eigenvalue weighted by Gasteiger charge is 2.08. The number of methoxy groups -OCH3 is 1. The first-order chi connectivity index (χ1) is 5.74. The van der Waals surface area contributed by atoms with Gasteiger partial charge in [0.25, 0.3) is 0 Å². The zero-order chi connectivity index (χ0) is 8.97. The first kappa shape index (κ1) is 9.15. The molecule has 1 aromatic heterocycles. The van der Waals surface area contributed by atoms with Gasteiger partial charge >= 0.3 is 0 Å². The van der Waals surface area contributed by atoms with E-state index < -0.39 is 0 Å². The molecule has 0 fully saturated rings. The van der Waals surface area contributed by atoms with E-state index in [1.54, 1.807) is 14.0 Å². The number of ether oxygens (including phenoxy) is 1. The van der Waals surface area contributed by atoms with Crippen molar-refractivity contribution in [2.24, 2.45) is 5.73 Å². The first-order valence-corrected chi connectivity index (χ1v) is 3.81. The predicted octanol–water partition coefficient (Wildman–Crippen LogP) is 0.278. The Kier molecular flexibility index (Phi) is 3.19. The molecule has 1 atom stereocenters.